The van der Waals surface area contributed by atoms with Crippen molar-refractivity contribution in [3.05, 3.63) is 71.3 Å². The van der Waals surface area contributed by atoms with Crippen molar-refractivity contribution >= 4 is 6.08 Å². The molecule has 0 aliphatic heterocycles. The topological polar surface area (TPSA) is 12.5 Å². The summed E-state index contributed by atoms with van der Waals surface area (Å²) in [5.74, 6) is 2.21. The van der Waals surface area contributed by atoms with Gasteiger partial charge in [0.25, 0.3) is 0 Å². The molecule has 0 saturated heterocycles. The van der Waals surface area contributed by atoms with Crippen LogP contribution in [0, 0.1) is 5.92 Å². The van der Waals surface area contributed by atoms with E-state index in [0.717, 1.165) is 18.7 Å². The summed E-state index contributed by atoms with van der Waals surface area (Å²) in [6.45, 7) is 1.14. The molecule has 2 aromatic carbocycles. The summed E-state index contributed by atoms with van der Waals surface area (Å²) in [7, 11) is 6.11. The second-order valence-electron chi connectivity index (χ2n) is 7.36. The Morgan fingerprint density at radius 1 is 1.08 bits per heavy atom. The van der Waals surface area contributed by atoms with Crippen LogP contribution in [0.2, 0.25) is 0 Å². The van der Waals surface area contributed by atoms with Gasteiger partial charge in [-0.15, -0.1) is 0 Å². The van der Waals surface area contributed by atoms with Gasteiger partial charge in [-0.3, -0.25) is 0 Å². The number of ether oxygens (including phenoxy) is 1. The molecule has 0 spiro atoms. The maximum Gasteiger partial charge on any atom is 0.119 e. The van der Waals surface area contributed by atoms with Crippen LogP contribution in [-0.2, 0) is 0 Å². The zero-order valence-electron chi connectivity index (χ0n) is 15.6. The zero-order valence-corrected chi connectivity index (χ0v) is 15.6. The van der Waals surface area contributed by atoms with Crippen molar-refractivity contribution in [1.29, 1.82) is 0 Å². The number of hydrogen-bond acceptors (Lipinski definition) is 2. The van der Waals surface area contributed by atoms with Crippen LogP contribution in [0.25, 0.3) is 6.08 Å². The predicted octanol–water partition coefficient (Wildman–Crippen LogP) is 5.22. The van der Waals surface area contributed by atoms with Gasteiger partial charge < -0.3 is 9.64 Å². The average Bonchev–Trinajstić information content (AvgIpc) is 2.63. The molecule has 0 bridgehead atoms. The molecule has 1 fully saturated rings. The van der Waals surface area contributed by atoms with Gasteiger partial charge in [0, 0.05) is 6.54 Å². The minimum atomic E-state index is 0.557. The molecule has 2 atom stereocenters. The van der Waals surface area contributed by atoms with Gasteiger partial charge >= 0.3 is 0 Å². The van der Waals surface area contributed by atoms with Crippen molar-refractivity contribution in [3.63, 3.8) is 0 Å². The van der Waals surface area contributed by atoms with Gasteiger partial charge in [0.1, 0.15) is 5.75 Å². The third-order valence-corrected chi connectivity index (χ3v) is 5.18. The maximum absolute atomic E-state index is 5.46. The Morgan fingerprint density at radius 3 is 2.60 bits per heavy atom. The molecular weight excluding hydrogens is 306 g/mol. The van der Waals surface area contributed by atoms with E-state index in [-0.39, 0.29) is 0 Å². The average molecular weight is 335 g/mol. The van der Waals surface area contributed by atoms with E-state index < -0.39 is 0 Å². The minimum Gasteiger partial charge on any atom is -0.497 e. The lowest BCUT2D eigenvalue weighted by molar-refractivity contribution is 0.256. The summed E-state index contributed by atoms with van der Waals surface area (Å²) in [4.78, 5) is 2.32. The van der Waals surface area contributed by atoms with E-state index in [1.165, 1.54) is 24.0 Å². The number of hydrogen-bond donors (Lipinski definition) is 0. The van der Waals surface area contributed by atoms with Crippen molar-refractivity contribution in [1.82, 2.24) is 4.90 Å². The van der Waals surface area contributed by atoms with E-state index in [1.807, 2.05) is 6.07 Å². The second kappa shape index (κ2) is 8.35. The van der Waals surface area contributed by atoms with E-state index in [0.29, 0.717) is 11.8 Å². The molecule has 25 heavy (non-hydrogen) atoms. The van der Waals surface area contributed by atoms with E-state index in [4.69, 9.17) is 4.74 Å². The maximum atomic E-state index is 5.46. The number of rotatable bonds is 5. The minimum absolute atomic E-state index is 0.557. The van der Waals surface area contributed by atoms with Gasteiger partial charge in [-0.25, -0.2) is 0 Å². The largest absolute Gasteiger partial charge is 0.497 e. The van der Waals surface area contributed by atoms with Gasteiger partial charge in [-0.05, 0) is 68.5 Å². The van der Waals surface area contributed by atoms with Gasteiger partial charge in [0.2, 0.25) is 0 Å². The van der Waals surface area contributed by atoms with Crippen molar-refractivity contribution in [2.75, 3.05) is 27.7 Å². The van der Waals surface area contributed by atoms with Gasteiger partial charge in [-0.1, -0.05) is 54.1 Å². The van der Waals surface area contributed by atoms with Crippen LogP contribution in [0.4, 0.5) is 0 Å². The molecule has 2 unspecified atom stereocenters. The molecule has 3 rings (SSSR count). The van der Waals surface area contributed by atoms with E-state index in [9.17, 15) is 0 Å². The SMILES string of the molecule is COc1cccc(C2CC(=Cc3ccccc3)CCC2CN(C)C)c1. The highest BCUT2D eigenvalue weighted by molar-refractivity contribution is 5.53. The van der Waals surface area contributed by atoms with Crippen LogP contribution >= 0.6 is 0 Å². The molecule has 132 valence electrons. The van der Waals surface area contributed by atoms with Crippen molar-refractivity contribution in [2.45, 2.75) is 25.2 Å². The summed E-state index contributed by atoms with van der Waals surface area (Å²) < 4.78 is 5.46. The van der Waals surface area contributed by atoms with Crippen molar-refractivity contribution < 1.29 is 4.74 Å². The lowest BCUT2D eigenvalue weighted by Crippen LogP contribution is -2.29. The van der Waals surface area contributed by atoms with E-state index >= 15 is 0 Å². The van der Waals surface area contributed by atoms with E-state index in [1.54, 1.807) is 12.7 Å². The Labute approximate surface area is 152 Å². The Bertz CT molecular complexity index is 705. The Morgan fingerprint density at radius 2 is 1.88 bits per heavy atom. The lowest BCUT2D eigenvalue weighted by atomic mass is 9.73. The summed E-state index contributed by atoms with van der Waals surface area (Å²) in [6, 6.07) is 19.3. The Balaban J connectivity index is 1.86. The van der Waals surface area contributed by atoms with Crippen LogP contribution in [0.15, 0.2) is 60.2 Å². The van der Waals surface area contributed by atoms with Crippen LogP contribution in [0.5, 0.6) is 5.75 Å². The molecule has 0 heterocycles. The van der Waals surface area contributed by atoms with Crippen LogP contribution < -0.4 is 4.74 Å². The fourth-order valence-electron chi connectivity index (χ4n) is 3.99. The van der Waals surface area contributed by atoms with Crippen LogP contribution in [0.1, 0.15) is 36.3 Å². The monoisotopic (exact) mass is 335 g/mol. The zero-order chi connectivity index (χ0) is 17.6. The highest BCUT2D eigenvalue weighted by Gasteiger charge is 2.29. The summed E-state index contributed by atoms with van der Waals surface area (Å²) in [6.07, 6.45) is 5.98. The summed E-state index contributed by atoms with van der Waals surface area (Å²) >= 11 is 0. The van der Waals surface area contributed by atoms with Gasteiger partial charge in [0.15, 0.2) is 0 Å². The first-order valence-electron chi connectivity index (χ1n) is 9.19. The molecule has 0 amide bonds. The Hall–Kier alpha value is -2.06. The fraction of sp³-hybridized carbons (Fsp3) is 0.391. The first-order valence-corrected chi connectivity index (χ1v) is 9.19. The number of methoxy groups -OCH3 is 1. The molecule has 1 aliphatic carbocycles. The predicted molar refractivity (Wildman–Crippen MR) is 106 cm³/mol. The van der Waals surface area contributed by atoms with Crippen LogP contribution in [0.3, 0.4) is 0 Å². The Kier molecular flexibility index (Phi) is 5.93. The molecule has 2 heteroatoms. The summed E-state index contributed by atoms with van der Waals surface area (Å²) in [5, 5.41) is 0. The molecule has 2 nitrogen and oxygen atoms in total. The fourth-order valence-corrected chi connectivity index (χ4v) is 3.99. The molecule has 1 saturated carbocycles. The van der Waals surface area contributed by atoms with E-state index in [2.05, 4.69) is 73.6 Å². The number of allylic oxidation sites excluding steroid dienone is 1. The molecule has 0 N–H and O–H groups in total. The number of benzene rings is 2. The smallest absolute Gasteiger partial charge is 0.119 e. The highest BCUT2D eigenvalue weighted by Crippen LogP contribution is 2.42. The van der Waals surface area contributed by atoms with Gasteiger partial charge in [-0.2, -0.15) is 0 Å². The lowest BCUT2D eigenvalue weighted by Gasteiger charge is -2.35. The molecule has 1 aliphatic rings. The van der Waals surface area contributed by atoms with Crippen molar-refractivity contribution in [3.8, 4) is 5.75 Å². The molecule has 2 aromatic rings. The third-order valence-electron chi connectivity index (χ3n) is 5.18. The van der Waals surface area contributed by atoms with Crippen LogP contribution in [-0.4, -0.2) is 32.6 Å². The first kappa shape index (κ1) is 17.8. The quantitative estimate of drug-likeness (QED) is 0.742. The first-order chi connectivity index (χ1) is 12.2. The van der Waals surface area contributed by atoms with Gasteiger partial charge in [0.05, 0.1) is 7.11 Å². The number of nitrogens with zero attached hydrogens (tertiary/aromatic N) is 1. The molecule has 0 aromatic heterocycles. The standard InChI is InChI=1S/C23H29NO/c1-24(2)17-21-13-12-19(14-18-8-5-4-6-9-18)15-23(21)20-10-7-11-22(16-20)25-3/h4-11,14,16,21,23H,12-13,15,17H2,1-3H3. The highest BCUT2D eigenvalue weighted by atomic mass is 16.5. The molecule has 0 radical (unpaired) electrons. The molecular formula is C23H29NO. The third kappa shape index (κ3) is 4.73. The normalized spacial score (nSPS) is 22.3. The summed E-state index contributed by atoms with van der Waals surface area (Å²) in [5.41, 5.74) is 4.28. The second-order valence-corrected chi connectivity index (χ2v) is 7.36. The van der Waals surface area contributed by atoms with Crippen molar-refractivity contribution in [2.24, 2.45) is 5.92 Å².